The highest BCUT2D eigenvalue weighted by molar-refractivity contribution is 7.17. The Morgan fingerprint density at radius 3 is 0.943 bits per heavy atom. The molecule has 20 rings (SSSR count). The number of thiophene rings is 1. The molecule has 0 atom stereocenters. The summed E-state index contributed by atoms with van der Waals surface area (Å²) >= 11 is 1.63. The first-order chi connectivity index (χ1) is 70.9. The third-order valence-corrected chi connectivity index (χ3v) is 25.1. The number of para-hydroxylation sites is 8. The molecular weight excluding hydrogens is 1740 g/mol. The highest BCUT2D eigenvalue weighted by Crippen LogP contribution is 2.45. The van der Waals surface area contributed by atoms with E-state index < -0.39 is 0 Å². The molecule has 0 N–H and O–H groups in total. The van der Waals surface area contributed by atoms with E-state index in [0.717, 1.165) is 156 Å². The normalized spacial score (nSPS) is 11.3. The molecule has 0 saturated carbocycles. The van der Waals surface area contributed by atoms with E-state index in [2.05, 4.69) is 214 Å². The van der Waals surface area contributed by atoms with Crippen LogP contribution in [0.3, 0.4) is 0 Å². The van der Waals surface area contributed by atoms with Crippen molar-refractivity contribution in [3.05, 3.63) is 502 Å². The SMILES string of the molecule is [3H]c1cccc(N(c2ccc(Oc3ccc(CCCCCC)cc3)cc2)c2cccc(OCCCCOc3cccc(N(c4ccc(Oc5ccc(CCCCCC)cc5)cc4)c4cccc([3H])c4)c3)c2)c1.[3H]c1cccc(N(c2ccccc2)c2ccc(Oc3ccc(-c4ccccc4)s3)cc2)c1.[3H]c1cccc(N(c2ccccc2)c2ccc(Oc3cccc(-n4c5ccccc5c5ccccc54)c3)cc2)c1. The third-order valence-electron chi connectivity index (χ3n) is 24.1. The topological polar surface area (TPSA) is 73.3 Å². The molecule has 20 aromatic rings. The van der Waals surface area contributed by atoms with Crippen LogP contribution in [0.4, 0.5) is 68.2 Å². The summed E-state index contributed by atoms with van der Waals surface area (Å²) in [5.74, 6) is 6.99. The standard InChI is InChI=1S/C64H68N2O4.C36H26N2O.C28H21NOS/c1-3-5-7-11-21-51-31-39-59(40-32-51)69-61-43-35-55(36-44-61)65(53-23-13-9-14-24-53)57-27-19-29-63(49-57)67-47-17-18-48-68-64-30-20-28-58(50-64)66(54-25-15-10-16-26-54)56-37-45-62(46-38-56)70-60-41-33-52(34-42-60)22-12-8-6-4-2;1-3-12-27(13-4-1)37(28-14-5-2-6-15-28)29-22-24-31(25-23-29)39-32-17-11-16-30(26-32)38-35-20-9-7-18-33(35)34-19-8-10-21-36(34)38;1-4-10-22(11-5-1)27-20-21-28(31-27)30-26-18-16-25(17-19-26)29(23-12-6-2-7-13-23)24-14-8-3-9-15-24/h9-10,13-16,19-20,23-46,49-50H,3-8,11-12,17-18,21-22,47-48H2,1-2H3;1-26H;1-21H/i13T,15T;3T;6T. The van der Waals surface area contributed by atoms with Crippen molar-refractivity contribution in [1.29, 1.82) is 0 Å². The molecule has 0 aliphatic rings. The van der Waals surface area contributed by atoms with Crippen LogP contribution in [0.25, 0.3) is 37.9 Å². The fourth-order valence-corrected chi connectivity index (χ4v) is 18.1. The summed E-state index contributed by atoms with van der Waals surface area (Å²) in [6.45, 7) is 5.54. The number of ether oxygens (including phenoxy) is 6. The van der Waals surface area contributed by atoms with Crippen LogP contribution < -0.4 is 48.0 Å². The predicted molar refractivity (Wildman–Crippen MR) is 584 cm³/mol. The number of rotatable bonds is 39. The predicted octanol–water partition coefficient (Wildman–Crippen LogP) is 37.4. The van der Waals surface area contributed by atoms with Crippen molar-refractivity contribution in [1.82, 2.24) is 4.57 Å². The minimum absolute atomic E-state index is 0.435. The minimum Gasteiger partial charge on any atom is -0.494 e. The molecule has 694 valence electrons. The lowest BCUT2D eigenvalue weighted by atomic mass is 10.1. The Balaban J connectivity index is 0.000000158. The maximum absolute atomic E-state index is 8.40. The number of aromatic nitrogens is 1. The lowest BCUT2D eigenvalue weighted by Crippen LogP contribution is -2.10. The highest BCUT2D eigenvalue weighted by Gasteiger charge is 2.21. The second-order valence-corrected chi connectivity index (χ2v) is 35.1. The molecule has 0 fully saturated rings. The molecule has 0 amide bonds. The number of nitrogens with zero attached hydrogens (tertiary/aromatic N) is 5. The van der Waals surface area contributed by atoms with Crippen molar-refractivity contribution in [2.75, 3.05) is 32.8 Å². The van der Waals surface area contributed by atoms with Crippen molar-refractivity contribution in [2.45, 2.75) is 90.9 Å². The van der Waals surface area contributed by atoms with Crippen molar-refractivity contribution in [2.24, 2.45) is 0 Å². The summed E-state index contributed by atoms with van der Waals surface area (Å²) in [5.41, 5.74) is 18.7. The molecule has 18 aromatic carbocycles. The number of unbranched alkanes of at least 4 members (excludes halogenated alkanes) is 7. The quantitative estimate of drug-likeness (QED) is 0.0348. The Kier molecular flexibility index (Phi) is 30.6. The van der Waals surface area contributed by atoms with Gasteiger partial charge in [0.25, 0.3) is 0 Å². The lowest BCUT2D eigenvalue weighted by molar-refractivity contribution is 0.266. The summed E-state index contributed by atoms with van der Waals surface area (Å²) in [6.07, 6.45) is 13.8. The van der Waals surface area contributed by atoms with Gasteiger partial charge in [-0.3, -0.25) is 0 Å². The van der Waals surface area contributed by atoms with E-state index in [1.165, 1.54) is 94.7 Å². The second-order valence-electron chi connectivity index (χ2n) is 34.1. The first kappa shape index (κ1) is 88.7. The number of anilines is 12. The van der Waals surface area contributed by atoms with Gasteiger partial charge in [0.1, 0.15) is 51.7 Å². The van der Waals surface area contributed by atoms with Crippen LogP contribution in [-0.4, -0.2) is 17.8 Å². The van der Waals surface area contributed by atoms with E-state index >= 15 is 0 Å². The molecule has 2 aromatic heterocycles. The number of hydrogen-bond acceptors (Lipinski definition) is 11. The minimum atomic E-state index is 0.435. The summed E-state index contributed by atoms with van der Waals surface area (Å²) in [7, 11) is 0. The molecule has 0 aliphatic carbocycles. The first-order valence-corrected chi connectivity index (χ1v) is 49.3. The maximum atomic E-state index is 8.40. The Labute approximate surface area is 833 Å². The average molecular weight is 1860 g/mol. The second kappa shape index (κ2) is 48.3. The van der Waals surface area contributed by atoms with Gasteiger partial charge >= 0.3 is 0 Å². The van der Waals surface area contributed by atoms with Crippen LogP contribution in [0, 0.1) is 0 Å². The van der Waals surface area contributed by atoms with Gasteiger partial charge in [0, 0.05) is 108 Å². The van der Waals surface area contributed by atoms with E-state index in [0.29, 0.717) is 37.4 Å². The van der Waals surface area contributed by atoms with Crippen molar-refractivity contribution in [3.8, 4) is 72.9 Å². The van der Waals surface area contributed by atoms with E-state index in [1.807, 2.05) is 267 Å². The first-order valence-electron chi connectivity index (χ1n) is 50.5. The summed E-state index contributed by atoms with van der Waals surface area (Å²) in [5, 5.41) is 3.33. The third kappa shape index (κ3) is 25.0. The smallest absolute Gasteiger partial charge is 0.181 e. The van der Waals surface area contributed by atoms with Crippen molar-refractivity contribution >= 4 is 101 Å². The van der Waals surface area contributed by atoms with Crippen LogP contribution in [0.2, 0.25) is 0 Å². The zero-order valence-electron chi connectivity index (χ0n) is 82.9. The molecule has 0 unspecified atom stereocenters. The van der Waals surface area contributed by atoms with E-state index in [-0.39, 0.29) is 0 Å². The fourth-order valence-electron chi connectivity index (χ4n) is 17.2. The van der Waals surface area contributed by atoms with Crippen molar-refractivity contribution < 1.29 is 33.9 Å². The van der Waals surface area contributed by atoms with Gasteiger partial charge in [-0.1, -0.05) is 282 Å². The van der Waals surface area contributed by atoms with Gasteiger partial charge in [0.15, 0.2) is 5.06 Å². The molecule has 0 saturated heterocycles. The number of hydrogen-bond donors (Lipinski definition) is 0. The molecule has 11 nitrogen and oxygen atoms in total. The maximum Gasteiger partial charge on any atom is 0.181 e. The number of aryl methyl sites for hydroxylation is 2. The Hall–Kier alpha value is -16.5. The van der Waals surface area contributed by atoms with Gasteiger partial charge in [0.05, 0.1) is 29.7 Å². The molecule has 140 heavy (non-hydrogen) atoms. The van der Waals surface area contributed by atoms with Gasteiger partial charge in [-0.05, 0) is 310 Å². The van der Waals surface area contributed by atoms with Gasteiger partial charge in [-0.2, -0.15) is 0 Å². The Morgan fingerprint density at radius 2 is 0.550 bits per heavy atom. The zero-order valence-corrected chi connectivity index (χ0v) is 79.8. The van der Waals surface area contributed by atoms with Gasteiger partial charge < -0.3 is 52.6 Å². The van der Waals surface area contributed by atoms with E-state index in [9.17, 15) is 0 Å². The number of fused-ring (bicyclic) bond motifs is 3. The molecule has 0 spiro atoms. The van der Waals surface area contributed by atoms with Crippen LogP contribution in [-0.2, 0) is 12.8 Å². The molecule has 12 heteroatoms. The van der Waals surface area contributed by atoms with E-state index in [4.69, 9.17) is 33.9 Å². The molecular formula is C128H115N5O6S. The van der Waals surface area contributed by atoms with Crippen LogP contribution in [0.15, 0.2) is 491 Å². The van der Waals surface area contributed by atoms with Crippen molar-refractivity contribution in [3.63, 3.8) is 0 Å². The average Bonchev–Trinajstić information content (AvgIpc) is 1.60. The van der Waals surface area contributed by atoms with Gasteiger partial charge in [0.2, 0.25) is 0 Å². The lowest BCUT2D eigenvalue weighted by Gasteiger charge is -2.26. The van der Waals surface area contributed by atoms with Gasteiger partial charge in [-0.15, -0.1) is 0 Å². The van der Waals surface area contributed by atoms with E-state index in [1.54, 1.807) is 35.6 Å². The monoisotopic (exact) mass is 1860 g/mol. The summed E-state index contributed by atoms with van der Waals surface area (Å²) in [4.78, 5) is 9.73. The Morgan fingerprint density at radius 1 is 0.236 bits per heavy atom. The molecule has 0 aliphatic heterocycles. The molecule has 2 heterocycles. The summed E-state index contributed by atoms with van der Waals surface area (Å²) in [6, 6.07) is 158. The molecule has 0 radical (unpaired) electrons. The number of benzene rings is 18. The van der Waals surface area contributed by atoms with Crippen LogP contribution in [0.5, 0.6) is 56.8 Å². The largest absolute Gasteiger partial charge is 0.494 e. The van der Waals surface area contributed by atoms with Crippen LogP contribution in [0.1, 0.15) is 94.7 Å². The zero-order chi connectivity index (χ0) is 98.4. The highest BCUT2D eigenvalue weighted by atomic mass is 32.1. The van der Waals surface area contributed by atoms with Gasteiger partial charge in [-0.25, -0.2) is 0 Å². The fraction of sp³-hybridized carbons (Fsp3) is 0.125. The summed E-state index contributed by atoms with van der Waals surface area (Å²) < 4.78 is 72.9. The van der Waals surface area contributed by atoms with Crippen LogP contribution >= 0.6 is 11.3 Å². The Bertz CT molecular complexity index is 7240. The molecule has 0 bridgehead atoms.